The van der Waals surface area contributed by atoms with Crippen molar-refractivity contribution in [2.75, 3.05) is 11.4 Å². The molecule has 0 aromatic heterocycles. The van der Waals surface area contributed by atoms with Gasteiger partial charge >= 0.3 is 5.97 Å². The summed E-state index contributed by atoms with van der Waals surface area (Å²) in [6, 6.07) is 9.71. The van der Waals surface area contributed by atoms with Crippen molar-refractivity contribution in [3.05, 3.63) is 65.2 Å². The molecule has 0 amide bonds. The lowest BCUT2D eigenvalue weighted by Gasteiger charge is -2.23. The van der Waals surface area contributed by atoms with Crippen molar-refractivity contribution in [1.29, 1.82) is 0 Å². The fraction of sp³-hybridized carbons (Fsp3) is 0.188. The number of carboxylic acids is 1. The van der Waals surface area contributed by atoms with E-state index in [-0.39, 0.29) is 11.4 Å². The van der Waals surface area contributed by atoms with Gasteiger partial charge in [-0.05, 0) is 55.0 Å². The van der Waals surface area contributed by atoms with Crippen molar-refractivity contribution < 1.29 is 18.7 Å². The summed E-state index contributed by atoms with van der Waals surface area (Å²) in [5.41, 5.74) is 1.26. The molecule has 2 aromatic carbocycles. The topological polar surface area (TPSA) is 40.5 Å². The fourth-order valence-corrected chi connectivity index (χ4v) is 2.12. The van der Waals surface area contributed by atoms with Gasteiger partial charge in [0.1, 0.15) is 11.6 Å². The summed E-state index contributed by atoms with van der Waals surface area (Å²) < 4.78 is 26.4. The Balaban J connectivity index is 2.26. The van der Waals surface area contributed by atoms with E-state index in [1.165, 1.54) is 24.3 Å². The van der Waals surface area contributed by atoms with Crippen LogP contribution in [0.5, 0.6) is 0 Å². The lowest BCUT2D eigenvalue weighted by Crippen LogP contribution is -2.22. The Morgan fingerprint density at radius 2 is 1.76 bits per heavy atom. The summed E-state index contributed by atoms with van der Waals surface area (Å²) in [6.45, 7) is 2.89. The number of carbonyl (C=O) groups is 1. The molecular formula is C16H15F2NO2. The number of hydrogen-bond donors (Lipinski definition) is 1. The number of carboxylic acid groups (broad SMARTS) is 1. The average molecular weight is 291 g/mol. The zero-order chi connectivity index (χ0) is 15.4. The predicted octanol–water partition coefficient (Wildman–Crippen LogP) is 3.69. The molecule has 5 heteroatoms. The van der Waals surface area contributed by atoms with Crippen LogP contribution in [0.3, 0.4) is 0 Å². The minimum atomic E-state index is -1.17. The van der Waals surface area contributed by atoms with Crippen LogP contribution in [-0.2, 0) is 6.54 Å². The summed E-state index contributed by atoms with van der Waals surface area (Å²) in [7, 11) is 0. The summed E-state index contributed by atoms with van der Waals surface area (Å²) >= 11 is 0. The Bertz CT molecular complexity index is 641. The van der Waals surface area contributed by atoms with Crippen molar-refractivity contribution in [1.82, 2.24) is 0 Å². The maximum absolute atomic E-state index is 13.5. The molecule has 3 nitrogen and oxygen atoms in total. The van der Waals surface area contributed by atoms with Gasteiger partial charge in [0, 0.05) is 18.8 Å². The van der Waals surface area contributed by atoms with E-state index >= 15 is 0 Å². The average Bonchev–Trinajstić information content (AvgIpc) is 2.45. The molecule has 0 aliphatic carbocycles. The number of rotatable bonds is 5. The Morgan fingerprint density at radius 1 is 1.10 bits per heavy atom. The highest BCUT2D eigenvalue weighted by Crippen LogP contribution is 2.19. The summed E-state index contributed by atoms with van der Waals surface area (Å²) in [5.74, 6) is -2.07. The van der Waals surface area contributed by atoms with Gasteiger partial charge in [-0.15, -0.1) is 0 Å². The number of aromatic carboxylic acids is 1. The van der Waals surface area contributed by atoms with Crippen molar-refractivity contribution in [2.45, 2.75) is 13.5 Å². The Hall–Kier alpha value is -2.43. The van der Waals surface area contributed by atoms with E-state index in [1.807, 2.05) is 11.8 Å². The van der Waals surface area contributed by atoms with Crippen LogP contribution >= 0.6 is 0 Å². The van der Waals surface area contributed by atoms with E-state index in [9.17, 15) is 13.6 Å². The molecule has 0 atom stereocenters. The molecule has 110 valence electrons. The number of hydrogen-bond acceptors (Lipinski definition) is 2. The zero-order valence-electron chi connectivity index (χ0n) is 11.5. The van der Waals surface area contributed by atoms with Crippen LogP contribution in [0.25, 0.3) is 0 Å². The highest BCUT2D eigenvalue weighted by molar-refractivity contribution is 5.87. The van der Waals surface area contributed by atoms with Gasteiger partial charge in [-0.3, -0.25) is 0 Å². The maximum Gasteiger partial charge on any atom is 0.335 e. The van der Waals surface area contributed by atoms with Gasteiger partial charge in [0.15, 0.2) is 0 Å². The number of halogens is 2. The number of anilines is 1. The fourth-order valence-electron chi connectivity index (χ4n) is 2.12. The molecule has 1 N–H and O–H groups in total. The molecule has 0 aliphatic rings. The van der Waals surface area contributed by atoms with Crippen LogP contribution in [0.15, 0.2) is 42.5 Å². The van der Waals surface area contributed by atoms with Crippen molar-refractivity contribution in [3.63, 3.8) is 0 Å². The second kappa shape index (κ2) is 6.35. The summed E-state index contributed by atoms with van der Waals surface area (Å²) in [4.78, 5) is 12.8. The molecule has 2 aromatic rings. The first-order chi connectivity index (χ1) is 9.99. The van der Waals surface area contributed by atoms with Gasteiger partial charge in [-0.1, -0.05) is 0 Å². The SMILES string of the molecule is CCN(Cc1cc(F)cc(C(=O)O)c1)c1ccc(F)cc1. The Morgan fingerprint density at radius 3 is 2.33 bits per heavy atom. The molecule has 0 aliphatic heterocycles. The first kappa shape index (κ1) is 15.0. The molecule has 21 heavy (non-hydrogen) atoms. The van der Waals surface area contributed by atoms with Crippen molar-refractivity contribution in [3.8, 4) is 0 Å². The molecular weight excluding hydrogens is 276 g/mol. The van der Waals surface area contributed by atoms with E-state index in [1.54, 1.807) is 12.1 Å². The van der Waals surface area contributed by atoms with E-state index in [2.05, 4.69) is 0 Å². The van der Waals surface area contributed by atoms with Crippen molar-refractivity contribution in [2.24, 2.45) is 0 Å². The molecule has 0 radical (unpaired) electrons. The summed E-state index contributed by atoms with van der Waals surface area (Å²) in [6.07, 6.45) is 0. The molecule has 0 unspecified atom stereocenters. The smallest absolute Gasteiger partial charge is 0.335 e. The van der Waals surface area contributed by atoms with Crippen LogP contribution in [0.4, 0.5) is 14.5 Å². The minimum absolute atomic E-state index is 0.0832. The monoisotopic (exact) mass is 291 g/mol. The second-order valence-corrected chi connectivity index (χ2v) is 4.64. The van der Waals surface area contributed by atoms with E-state index in [0.29, 0.717) is 18.7 Å². The maximum atomic E-state index is 13.5. The quantitative estimate of drug-likeness (QED) is 0.913. The van der Waals surface area contributed by atoms with Crippen LogP contribution in [0.2, 0.25) is 0 Å². The largest absolute Gasteiger partial charge is 0.478 e. The molecule has 0 heterocycles. The summed E-state index contributed by atoms with van der Waals surface area (Å²) in [5, 5.41) is 8.95. The normalized spacial score (nSPS) is 10.4. The van der Waals surface area contributed by atoms with Gasteiger partial charge in [-0.2, -0.15) is 0 Å². The Kier molecular flexibility index (Phi) is 4.52. The third-order valence-corrected chi connectivity index (χ3v) is 3.15. The van der Waals surface area contributed by atoms with Gasteiger partial charge < -0.3 is 10.0 Å². The molecule has 0 fully saturated rings. The highest BCUT2D eigenvalue weighted by Gasteiger charge is 2.10. The molecule has 2 rings (SSSR count). The first-order valence-electron chi connectivity index (χ1n) is 6.53. The van der Waals surface area contributed by atoms with Crippen molar-refractivity contribution >= 4 is 11.7 Å². The predicted molar refractivity (Wildman–Crippen MR) is 76.5 cm³/mol. The standard InChI is InChI=1S/C16H15F2NO2/c1-2-19(15-5-3-13(17)4-6-15)10-11-7-12(16(20)21)9-14(18)8-11/h3-9H,2,10H2,1H3,(H,20,21). The third-order valence-electron chi connectivity index (χ3n) is 3.15. The number of nitrogens with zero attached hydrogens (tertiary/aromatic N) is 1. The molecule has 0 spiro atoms. The molecule has 0 bridgehead atoms. The van der Waals surface area contributed by atoms with Crippen LogP contribution in [0, 0.1) is 11.6 Å². The lowest BCUT2D eigenvalue weighted by atomic mass is 10.1. The van der Waals surface area contributed by atoms with Gasteiger partial charge in [0.05, 0.1) is 5.56 Å². The Labute approximate surface area is 121 Å². The molecule has 0 saturated carbocycles. The molecule has 0 saturated heterocycles. The van der Waals surface area contributed by atoms with Gasteiger partial charge in [-0.25, -0.2) is 13.6 Å². The van der Waals surface area contributed by atoms with Gasteiger partial charge in [0.25, 0.3) is 0 Å². The second-order valence-electron chi connectivity index (χ2n) is 4.64. The minimum Gasteiger partial charge on any atom is -0.478 e. The van der Waals surface area contributed by atoms with E-state index in [4.69, 9.17) is 5.11 Å². The van der Waals surface area contributed by atoms with E-state index < -0.39 is 11.8 Å². The zero-order valence-corrected chi connectivity index (χ0v) is 11.5. The van der Waals surface area contributed by atoms with Gasteiger partial charge in [0.2, 0.25) is 0 Å². The van der Waals surface area contributed by atoms with Crippen LogP contribution < -0.4 is 4.90 Å². The van der Waals surface area contributed by atoms with Crippen LogP contribution in [0.1, 0.15) is 22.8 Å². The first-order valence-corrected chi connectivity index (χ1v) is 6.53. The number of benzene rings is 2. The third kappa shape index (κ3) is 3.78. The highest BCUT2D eigenvalue weighted by atomic mass is 19.1. The van der Waals surface area contributed by atoms with E-state index in [0.717, 1.165) is 11.8 Å². The lowest BCUT2D eigenvalue weighted by molar-refractivity contribution is 0.0696. The van der Waals surface area contributed by atoms with Crippen LogP contribution in [-0.4, -0.2) is 17.6 Å².